The summed E-state index contributed by atoms with van der Waals surface area (Å²) in [6.45, 7) is 3.90. The fourth-order valence-corrected chi connectivity index (χ4v) is 2.91. The van der Waals surface area contributed by atoms with Crippen LogP contribution in [0, 0.1) is 13.8 Å². The van der Waals surface area contributed by atoms with Crippen LogP contribution in [0.25, 0.3) is 22.2 Å². The number of aryl methyl sites for hydroxylation is 2. The number of nitrogens with zero attached hydrogens (tertiary/aromatic N) is 3. The molecule has 0 aliphatic heterocycles. The first-order chi connectivity index (χ1) is 9.54. The first-order valence-corrected chi connectivity index (χ1v) is 7.49. The van der Waals surface area contributed by atoms with Gasteiger partial charge in [-0.05, 0) is 25.5 Å². The molecular weight excluding hydrogens is 340 g/mol. The van der Waals surface area contributed by atoms with Gasteiger partial charge >= 0.3 is 0 Å². The molecule has 1 aromatic carbocycles. The molecule has 20 heavy (non-hydrogen) atoms. The summed E-state index contributed by atoms with van der Waals surface area (Å²) in [5.74, 6) is 0.996. The molecule has 5 nitrogen and oxygen atoms in total. The largest absolute Gasteiger partial charge is 0.375 e. The normalized spacial score (nSPS) is 10.9. The summed E-state index contributed by atoms with van der Waals surface area (Å²) in [6, 6.07) is 5.94. The number of halogens is 1. The van der Waals surface area contributed by atoms with E-state index in [9.17, 15) is 0 Å². The lowest BCUT2D eigenvalue weighted by atomic mass is 10.1. The number of hydrogen-bond donors (Lipinski definition) is 1. The lowest BCUT2D eigenvalue weighted by Gasteiger charge is -1.99. The highest BCUT2D eigenvalue weighted by Gasteiger charge is 2.16. The number of nitrogens with two attached hydrogens (primary N) is 1. The zero-order valence-electron chi connectivity index (χ0n) is 10.8. The van der Waals surface area contributed by atoms with Gasteiger partial charge in [0.1, 0.15) is 4.88 Å². The average Bonchev–Trinajstić information content (AvgIpc) is 2.99. The maximum atomic E-state index is 5.68. The third-order valence-corrected chi connectivity index (χ3v) is 4.69. The maximum absolute atomic E-state index is 5.68. The van der Waals surface area contributed by atoms with Crippen LogP contribution in [0.3, 0.4) is 0 Å². The van der Waals surface area contributed by atoms with Gasteiger partial charge in [-0.25, -0.2) is 4.98 Å². The van der Waals surface area contributed by atoms with Crippen LogP contribution in [0.4, 0.5) is 5.13 Å². The summed E-state index contributed by atoms with van der Waals surface area (Å²) in [6.07, 6.45) is 0. The Morgan fingerprint density at radius 2 is 2.05 bits per heavy atom. The van der Waals surface area contributed by atoms with Gasteiger partial charge < -0.3 is 10.3 Å². The molecule has 0 bridgehead atoms. The van der Waals surface area contributed by atoms with E-state index in [-0.39, 0.29) is 0 Å². The van der Waals surface area contributed by atoms with Gasteiger partial charge in [0.15, 0.2) is 5.13 Å². The van der Waals surface area contributed by atoms with Crippen molar-refractivity contribution in [1.29, 1.82) is 0 Å². The first-order valence-electron chi connectivity index (χ1n) is 5.88. The fraction of sp³-hybridized carbons (Fsp3) is 0.154. The molecule has 2 heterocycles. The van der Waals surface area contributed by atoms with E-state index < -0.39 is 0 Å². The van der Waals surface area contributed by atoms with Gasteiger partial charge in [0, 0.05) is 10.0 Å². The number of thiazole rings is 1. The Bertz CT molecular complexity index is 781. The number of benzene rings is 1. The molecule has 2 N–H and O–H groups in total. The van der Waals surface area contributed by atoms with Crippen LogP contribution in [-0.4, -0.2) is 15.1 Å². The van der Waals surface area contributed by atoms with E-state index in [0.29, 0.717) is 16.8 Å². The number of rotatable bonds is 2. The molecule has 0 atom stereocenters. The Balaban J connectivity index is 2.01. The Morgan fingerprint density at radius 3 is 2.70 bits per heavy atom. The standard InChI is InChI=1S/C13H11BrN4OS/c1-6-3-4-8(5-9(6)14)11-17-12(19-18-11)10-7(2)16-13(15)20-10/h3-5H,1-2H3,(H2,15,16). The van der Waals surface area contributed by atoms with Gasteiger partial charge in [-0.2, -0.15) is 4.98 Å². The molecule has 0 fully saturated rings. The van der Waals surface area contributed by atoms with Crippen molar-refractivity contribution in [2.75, 3.05) is 5.73 Å². The van der Waals surface area contributed by atoms with Crippen LogP contribution in [0.5, 0.6) is 0 Å². The minimum atomic E-state index is 0.448. The summed E-state index contributed by atoms with van der Waals surface area (Å²) in [4.78, 5) is 9.38. The van der Waals surface area contributed by atoms with Crippen molar-refractivity contribution in [2.45, 2.75) is 13.8 Å². The smallest absolute Gasteiger partial charge is 0.270 e. The zero-order valence-corrected chi connectivity index (χ0v) is 13.2. The number of nitrogen functional groups attached to an aromatic ring is 1. The topological polar surface area (TPSA) is 77.8 Å². The highest BCUT2D eigenvalue weighted by Crippen LogP contribution is 2.32. The number of anilines is 1. The molecule has 2 aromatic heterocycles. The molecule has 3 rings (SSSR count). The third-order valence-electron chi connectivity index (χ3n) is 2.86. The van der Waals surface area contributed by atoms with Crippen molar-refractivity contribution in [3.63, 3.8) is 0 Å². The molecule has 0 aliphatic carbocycles. The number of aromatic nitrogens is 3. The van der Waals surface area contributed by atoms with E-state index in [0.717, 1.165) is 26.2 Å². The predicted octanol–water partition coefficient (Wildman–Crippen LogP) is 3.82. The van der Waals surface area contributed by atoms with Gasteiger partial charge in [-0.1, -0.05) is 44.6 Å². The van der Waals surface area contributed by atoms with Crippen molar-refractivity contribution in [3.05, 3.63) is 33.9 Å². The monoisotopic (exact) mass is 350 g/mol. The van der Waals surface area contributed by atoms with Crippen molar-refractivity contribution < 1.29 is 4.52 Å². The average molecular weight is 351 g/mol. The van der Waals surface area contributed by atoms with Crippen LogP contribution in [0.2, 0.25) is 0 Å². The van der Waals surface area contributed by atoms with Crippen LogP contribution in [0.1, 0.15) is 11.3 Å². The minimum Gasteiger partial charge on any atom is -0.375 e. The van der Waals surface area contributed by atoms with E-state index in [1.165, 1.54) is 11.3 Å². The fourth-order valence-electron chi connectivity index (χ4n) is 1.78. The van der Waals surface area contributed by atoms with Crippen molar-refractivity contribution >= 4 is 32.4 Å². The molecule has 0 amide bonds. The van der Waals surface area contributed by atoms with E-state index >= 15 is 0 Å². The summed E-state index contributed by atoms with van der Waals surface area (Å²) < 4.78 is 6.32. The summed E-state index contributed by atoms with van der Waals surface area (Å²) in [7, 11) is 0. The van der Waals surface area contributed by atoms with Crippen LogP contribution in [-0.2, 0) is 0 Å². The summed E-state index contributed by atoms with van der Waals surface area (Å²) >= 11 is 4.84. The van der Waals surface area contributed by atoms with Crippen LogP contribution < -0.4 is 5.73 Å². The summed E-state index contributed by atoms with van der Waals surface area (Å²) in [5, 5.41) is 4.51. The van der Waals surface area contributed by atoms with Gasteiger partial charge in [0.2, 0.25) is 5.82 Å². The first kappa shape index (κ1) is 13.3. The van der Waals surface area contributed by atoms with E-state index in [4.69, 9.17) is 10.3 Å². The molecule has 0 radical (unpaired) electrons. The van der Waals surface area contributed by atoms with Gasteiger partial charge in [-0.3, -0.25) is 0 Å². The number of hydrogen-bond acceptors (Lipinski definition) is 6. The highest BCUT2D eigenvalue weighted by molar-refractivity contribution is 9.10. The lowest BCUT2D eigenvalue weighted by molar-refractivity contribution is 0.433. The predicted molar refractivity (Wildman–Crippen MR) is 82.4 cm³/mol. The van der Waals surface area contributed by atoms with Crippen molar-refractivity contribution in [3.8, 4) is 22.2 Å². The second-order valence-electron chi connectivity index (χ2n) is 4.35. The maximum Gasteiger partial charge on any atom is 0.270 e. The molecular formula is C13H11BrN4OS. The van der Waals surface area contributed by atoms with E-state index in [1.54, 1.807) is 0 Å². The SMILES string of the molecule is Cc1ccc(-c2noc(-c3sc(N)nc3C)n2)cc1Br. The van der Waals surface area contributed by atoms with Crippen LogP contribution in [0.15, 0.2) is 27.2 Å². The Hall–Kier alpha value is -1.73. The zero-order chi connectivity index (χ0) is 14.3. The Morgan fingerprint density at radius 1 is 1.25 bits per heavy atom. The molecule has 102 valence electrons. The second-order valence-corrected chi connectivity index (χ2v) is 6.24. The van der Waals surface area contributed by atoms with E-state index in [1.807, 2.05) is 32.0 Å². The Kier molecular flexibility index (Phi) is 3.31. The van der Waals surface area contributed by atoms with Crippen LogP contribution >= 0.6 is 27.3 Å². The molecule has 0 saturated heterocycles. The van der Waals surface area contributed by atoms with Crippen molar-refractivity contribution in [2.24, 2.45) is 0 Å². The summed E-state index contributed by atoms with van der Waals surface area (Å²) in [5.41, 5.74) is 8.53. The molecule has 0 aliphatic rings. The molecule has 0 saturated carbocycles. The Labute approximate surface area is 128 Å². The molecule has 0 spiro atoms. The molecule has 7 heteroatoms. The lowest BCUT2D eigenvalue weighted by Crippen LogP contribution is -1.83. The third kappa shape index (κ3) is 2.34. The minimum absolute atomic E-state index is 0.448. The van der Waals surface area contributed by atoms with Gasteiger partial charge in [0.05, 0.1) is 5.69 Å². The van der Waals surface area contributed by atoms with E-state index in [2.05, 4.69) is 31.1 Å². The van der Waals surface area contributed by atoms with Gasteiger partial charge in [-0.15, -0.1) is 0 Å². The second kappa shape index (κ2) is 4.99. The quantitative estimate of drug-likeness (QED) is 0.759. The molecule has 0 unspecified atom stereocenters. The molecule has 3 aromatic rings. The highest BCUT2D eigenvalue weighted by atomic mass is 79.9. The van der Waals surface area contributed by atoms with Crippen molar-refractivity contribution in [1.82, 2.24) is 15.1 Å². The van der Waals surface area contributed by atoms with Gasteiger partial charge in [0.25, 0.3) is 5.89 Å².